The van der Waals surface area contributed by atoms with E-state index in [1.165, 1.54) is 17.4 Å². The molecule has 2 aromatic heterocycles. The van der Waals surface area contributed by atoms with Gasteiger partial charge in [0.05, 0.1) is 4.90 Å². The molecule has 0 saturated heterocycles. The van der Waals surface area contributed by atoms with Gasteiger partial charge in [0.2, 0.25) is 5.78 Å². The first-order valence-corrected chi connectivity index (χ1v) is 11.6. The third kappa shape index (κ3) is 4.01. The van der Waals surface area contributed by atoms with E-state index in [-0.39, 0.29) is 16.5 Å². The minimum atomic E-state index is -3.68. The highest BCUT2D eigenvalue weighted by molar-refractivity contribution is 7.90. The lowest BCUT2D eigenvalue weighted by atomic mass is 10.1. The molecule has 9 nitrogen and oxygen atoms in total. The summed E-state index contributed by atoms with van der Waals surface area (Å²) in [5, 5.41) is 2.60. The Morgan fingerprint density at radius 1 is 1.26 bits per heavy atom. The number of aryl methyl sites for hydroxylation is 1. The lowest BCUT2D eigenvalue weighted by Gasteiger charge is -2.06. The van der Waals surface area contributed by atoms with Crippen LogP contribution in [-0.4, -0.2) is 48.7 Å². The number of nitrogens with one attached hydrogen (secondary N) is 1. The second-order valence-electron chi connectivity index (χ2n) is 6.79. The number of sulfonamides is 1. The number of ketones is 1. The summed E-state index contributed by atoms with van der Waals surface area (Å²) in [7, 11) is -3.68. The zero-order chi connectivity index (χ0) is 22.2. The highest BCUT2D eigenvalue weighted by Gasteiger charge is 2.30. The molecular formula is C20H18N4O5S2. The van der Waals surface area contributed by atoms with E-state index in [0.717, 1.165) is 10.8 Å². The Morgan fingerprint density at radius 3 is 2.77 bits per heavy atom. The fourth-order valence-corrected chi connectivity index (χ4v) is 5.33. The average Bonchev–Trinajstić information content (AvgIpc) is 3.42. The molecule has 0 amide bonds. The SMILES string of the molecule is Cc1cc(C(=O)COC(=O)CN=C2NS(=O)(=O)c3ccccc32)c(C)n1-c1nccs1. The van der Waals surface area contributed by atoms with Gasteiger partial charge in [0.25, 0.3) is 10.0 Å². The van der Waals surface area contributed by atoms with E-state index < -0.39 is 29.1 Å². The number of nitrogens with zero attached hydrogens (tertiary/aromatic N) is 3. The van der Waals surface area contributed by atoms with E-state index >= 15 is 0 Å². The maximum atomic E-state index is 12.6. The van der Waals surface area contributed by atoms with Gasteiger partial charge in [-0.05, 0) is 32.0 Å². The van der Waals surface area contributed by atoms with Crippen LogP contribution in [0.3, 0.4) is 0 Å². The molecule has 0 saturated carbocycles. The Balaban J connectivity index is 1.41. The number of benzene rings is 1. The highest BCUT2D eigenvalue weighted by Crippen LogP contribution is 2.23. The average molecular weight is 459 g/mol. The number of ether oxygens (including phenoxy) is 1. The van der Waals surface area contributed by atoms with Gasteiger partial charge in [0.15, 0.2) is 11.7 Å². The fourth-order valence-electron chi connectivity index (χ4n) is 3.33. The summed E-state index contributed by atoms with van der Waals surface area (Å²) in [6.07, 6.45) is 1.69. The molecule has 1 N–H and O–H groups in total. The van der Waals surface area contributed by atoms with Crippen molar-refractivity contribution in [3.05, 3.63) is 64.4 Å². The molecule has 0 aliphatic carbocycles. The predicted molar refractivity (Wildman–Crippen MR) is 114 cm³/mol. The molecule has 0 bridgehead atoms. The largest absolute Gasteiger partial charge is 0.456 e. The predicted octanol–water partition coefficient (Wildman–Crippen LogP) is 2.02. The third-order valence-corrected chi connectivity index (χ3v) is 6.89. The maximum Gasteiger partial charge on any atom is 0.328 e. The highest BCUT2D eigenvalue weighted by atomic mass is 32.2. The van der Waals surface area contributed by atoms with Crippen molar-refractivity contribution in [1.82, 2.24) is 14.3 Å². The second-order valence-corrected chi connectivity index (χ2v) is 9.31. The topological polar surface area (TPSA) is 120 Å². The van der Waals surface area contributed by atoms with Gasteiger partial charge >= 0.3 is 5.97 Å². The van der Waals surface area contributed by atoms with Gasteiger partial charge < -0.3 is 4.74 Å². The van der Waals surface area contributed by atoms with Crippen LogP contribution in [-0.2, 0) is 19.6 Å². The number of fused-ring (bicyclic) bond motifs is 1. The van der Waals surface area contributed by atoms with Gasteiger partial charge in [-0.15, -0.1) is 11.3 Å². The summed E-state index contributed by atoms with van der Waals surface area (Å²) in [4.78, 5) is 33.0. The number of esters is 1. The summed E-state index contributed by atoms with van der Waals surface area (Å²) in [5.74, 6) is -1.01. The molecule has 1 aliphatic heterocycles. The first-order valence-electron chi connectivity index (χ1n) is 9.22. The molecule has 3 heterocycles. The molecule has 0 unspecified atom stereocenters. The minimum absolute atomic E-state index is 0.0749. The number of aliphatic imine (C=N–C) groups is 1. The van der Waals surface area contributed by atoms with E-state index in [9.17, 15) is 18.0 Å². The number of rotatable bonds is 6. The van der Waals surface area contributed by atoms with Crippen LogP contribution in [0.4, 0.5) is 0 Å². The van der Waals surface area contributed by atoms with Crippen LogP contribution in [0.15, 0.2) is 51.8 Å². The van der Waals surface area contributed by atoms with E-state index in [2.05, 4.69) is 14.7 Å². The zero-order valence-corrected chi connectivity index (χ0v) is 18.3. The lowest BCUT2D eigenvalue weighted by Crippen LogP contribution is -2.24. The number of hydrogen-bond acceptors (Lipinski definition) is 8. The summed E-state index contributed by atoms with van der Waals surface area (Å²) in [5.41, 5.74) is 2.40. The van der Waals surface area contributed by atoms with Gasteiger partial charge in [-0.1, -0.05) is 12.1 Å². The van der Waals surface area contributed by atoms with Gasteiger partial charge in [-0.25, -0.2) is 13.4 Å². The standard InChI is InChI=1S/C20H18N4O5S2/c1-12-9-15(13(2)24(12)20-21-7-8-30-20)16(25)11-29-18(26)10-22-19-14-5-3-4-6-17(14)31(27,28)23-19/h3-9H,10-11H2,1-2H3,(H,22,23). The molecule has 11 heteroatoms. The number of carbonyl (C=O) groups excluding carboxylic acids is 2. The van der Waals surface area contributed by atoms with Crippen molar-refractivity contribution in [3.8, 4) is 5.13 Å². The number of aromatic nitrogens is 2. The van der Waals surface area contributed by atoms with Gasteiger partial charge in [-0.3, -0.25) is 23.9 Å². The van der Waals surface area contributed by atoms with Crippen molar-refractivity contribution in [2.75, 3.05) is 13.2 Å². The van der Waals surface area contributed by atoms with Crippen LogP contribution >= 0.6 is 11.3 Å². The van der Waals surface area contributed by atoms with Crippen LogP contribution in [0.1, 0.15) is 27.3 Å². The molecule has 0 fully saturated rings. The van der Waals surface area contributed by atoms with Crippen LogP contribution in [0.2, 0.25) is 0 Å². The van der Waals surface area contributed by atoms with Crippen LogP contribution in [0, 0.1) is 13.8 Å². The van der Waals surface area contributed by atoms with E-state index in [1.54, 1.807) is 37.4 Å². The number of Topliss-reactive ketones (excluding diaryl/α,β-unsaturated/α-hetero) is 1. The van der Waals surface area contributed by atoms with Crippen LogP contribution in [0.5, 0.6) is 0 Å². The van der Waals surface area contributed by atoms with E-state index in [4.69, 9.17) is 4.74 Å². The third-order valence-electron chi connectivity index (χ3n) is 4.74. The quantitative estimate of drug-likeness (QED) is 0.446. The van der Waals surface area contributed by atoms with Crippen LogP contribution in [0.25, 0.3) is 5.13 Å². The normalized spacial score (nSPS) is 15.5. The second kappa shape index (κ2) is 8.08. The van der Waals surface area contributed by atoms with E-state index in [1.807, 2.05) is 16.9 Å². The fraction of sp³-hybridized carbons (Fsp3) is 0.200. The molecule has 160 valence electrons. The van der Waals surface area contributed by atoms with Crippen molar-refractivity contribution in [2.24, 2.45) is 4.99 Å². The molecular weight excluding hydrogens is 440 g/mol. The van der Waals surface area contributed by atoms with Crippen LogP contribution < -0.4 is 4.72 Å². The Hall–Kier alpha value is -3.31. The smallest absolute Gasteiger partial charge is 0.328 e. The molecule has 1 aromatic carbocycles. The number of thiazole rings is 1. The zero-order valence-electron chi connectivity index (χ0n) is 16.7. The minimum Gasteiger partial charge on any atom is -0.456 e. The number of carbonyl (C=O) groups is 2. The summed E-state index contributed by atoms with van der Waals surface area (Å²) >= 11 is 1.45. The van der Waals surface area contributed by atoms with Crippen molar-refractivity contribution in [1.29, 1.82) is 0 Å². The molecule has 31 heavy (non-hydrogen) atoms. The van der Waals surface area contributed by atoms with Gasteiger partial charge in [-0.2, -0.15) is 0 Å². The molecule has 3 aromatic rings. The first-order chi connectivity index (χ1) is 14.8. The maximum absolute atomic E-state index is 12.6. The molecule has 4 rings (SSSR count). The van der Waals surface area contributed by atoms with Crippen molar-refractivity contribution >= 4 is 38.9 Å². The monoisotopic (exact) mass is 458 g/mol. The number of amidine groups is 1. The van der Waals surface area contributed by atoms with Crippen molar-refractivity contribution in [3.63, 3.8) is 0 Å². The first kappa shape index (κ1) is 20.9. The molecule has 0 atom stereocenters. The summed E-state index contributed by atoms with van der Waals surface area (Å²) in [6, 6.07) is 8.07. The molecule has 1 aliphatic rings. The summed E-state index contributed by atoms with van der Waals surface area (Å²) < 4.78 is 33.4. The molecule has 0 spiro atoms. The Labute approximate surface area is 182 Å². The van der Waals surface area contributed by atoms with Crippen molar-refractivity contribution < 1.29 is 22.7 Å². The van der Waals surface area contributed by atoms with Crippen molar-refractivity contribution in [2.45, 2.75) is 18.7 Å². The molecule has 0 radical (unpaired) electrons. The number of hydrogen-bond donors (Lipinski definition) is 1. The summed E-state index contributed by atoms with van der Waals surface area (Å²) in [6.45, 7) is 2.82. The van der Waals surface area contributed by atoms with Gasteiger partial charge in [0.1, 0.15) is 12.4 Å². The van der Waals surface area contributed by atoms with E-state index in [0.29, 0.717) is 16.8 Å². The van der Waals surface area contributed by atoms with Gasteiger partial charge in [0, 0.05) is 34.1 Å². The Bertz CT molecular complexity index is 1310. The lowest BCUT2D eigenvalue weighted by molar-refractivity contribution is -0.140. The Kier molecular flexibility index (Phi) is 5.46. The Morgan fingerprint density at radius 2 is 2.03 bits per heavy atom.